The minimum Gasteiger partial charge on any atom is -0.381 e. The summed E-state index contributed by atoms with van der Waals surface area (Å²) >= 11 is 0. The SMILES string of the molecule is CC(C)C(=O)CCOCCCC(=O)CN1C(=O)C=CC1=O.CC(C)C(=O)CN1C(=O)C=CC1=O.CCC(=O)C(C)C.CCCOCCC(=O)C(C)C. The predicted molar refractivity (Wildman–Crippen MR) is 197 cm³/mol. The number of rotatable bonds is 21. The summed E-state index contributed by atoms with van der Waals surface area (Å²) in [5.74, 6) is -0.948. The number of ketones is 5. The summed E-state index contributed by atoms with van der Waals surface area (Å²) in [6, 6.07) is 0. The van der Waals surface area contributed by atoms with Gasteiger partial charge in [0.1, 0.15) is 17.3 Å². The van der Waals surface area contributed by atoms with E-state index in [9.17, 15) is 43.2 Å². The molecule has 0 saturated heterocycles. The van der Waals surface area contributed by atoms with Crippen molar-refractivity contribution in [2.45, 2.75) is 108 Å². The minimum atomic E-state index is -0.447. The molecular weight excluding hydrogens is 672 g/mol. The van der Waals surface area contributed by atoms with Crippen LogP contribution in [0.3, 0.4) is 0 Å². The van der Waals surface area contributed by atoms with Gasteiger partial charge in [0.2, 0.25) is 0 Å². The molecule has 2 heterocycles. The Hall–Kier alpha value is -3.97. The number of amides is 4. The van der Waals surface area contributed by atoms with E-state index in [2.05, 4.69) is 6.92 Å². The average molecular weight is 735 g/mol. The van der Waals surface area contributed by atoms with Crippen molar-refractivity contribution in [3.8, 4) is 0 Å². The first-order valence-electron chi connectivity index (χ1n) is 18.1. The van der Waals surface area contributed by atoms with Gasteiger partial charge in [-0.2, -0.15) is 0 Å². The van der Waals surface area contributed by atoms with E-state index in [-0.39, 0.29) is 60.5 Å². The fourth-order valence-electron chi connectivity index (χ4n) is 3.82. The lowest BCUT2D eigenvalue weighted by Gasteiger charge is -2.13. The topological polar surface area (TPSA) is 179 Å². The second-order valence-corrected chi connectivity index (χ2v) is 13.4. The summed E-state index contributed by atoms with van der Waals surface area (Å²) in [5, 5.41) is 0. The standard InChI is InChI=1S/C15H21NO5.C9H11NO3.C9H18O2.C6H12O/c1-11(2)13(18)7-9-21-8-3-4-12(17)10-16-14(19)5-6-15(16)20;1-6(2)7(11)5-10-8(12)3-4-9(10)13;1-4-6-11-7-5-9(10)8(2)3;1-4-6(7)5(2)3/h5-6,11H,3-4,7-10H2,1-2H3;3-4,6H,5H2,1-2H3;8H,4-7H2,1-3H3;5H,4H2,1-3H3. The highest BCUT2D eigenvalue weighted by Crippen LogP contribution is 2.07. The van der Waals surface area contributed by atoms with Crippen LogP contribution in [0.2, 0.25) is 0 Å². The van der Waals surface area contributed by atoms with Crippen LogP contribution in [0.4, 0.5) is 0 Å². The molecule has 0 radical (unpaired) electrons. The van der Waals surface area contributed by atoms with Crippen molar-refractivity contribution in [2.75, 3.05) is 39.5 Å². The van der Waals surface area contributed by atoms with Crippen molar-refractivity contribution in [3.63, 3.8) is 0 Å². The van der Waals surface area contributed by atoms with Crippen LogP contribution in [0.5, 0.6) is 0 Å². The molecule has 0 saturated carbocycles. The van der Waals surface area contributed by atoms with E-state index in [4.69, 9.17) is 9.47 Å². The van der Waals surface area contributed by atoms with Crippen molar-refractivity contribution >= 4 is 52.5 Å². The van der Waals surface area contributed by atoms with Crippen LogP contribution in [0.15, 0.2) is 24.3 Å². The highest BCUT2D eigenvalue weighted by Gasteiger charge is 2.26. The van der Waals surface area contributed by atoms with E-state index in [1.165, 1.54) is 12.2 Å². The smallest absolute Gasteiger partial charge is 0.254 e. The van der Waals surface area contributed by atoms with Gasteiger partial charge in [0, 0.05) is 86.9 Å². The number of carbonyl (C=O) groups excluding carboxylic acids is 9. The normalized spacial score (nSPS) is 13.3. The Balaban J connectivity index is 0. The fraction of sp³-hybridized carbons (Fsp3) is 0.667. The van der Waals surface area contributed by atoms with E-state index in [1.807, 2.05) is 48.5 Å². The molecule has 2 aliphatic heterocycles. The molecule has 13 nitrogen and oxygen atoms in total. The highest BCUT2D eigenvalue weighted by atomic mass is 16.5. The van der Waals surface area contributed by atoms with Gasteiger partial charge in [0.15, 0.2) is 11.6 Å². The zero-order valence-corrected chi connectivity index (χ0v) is 33.0. The van der Waals surface area contributed by atoms with Crippen LogP contribution in [0.1, 0.15) is 108 Å². The Kier molecular flexibility index (Phi) is 27.6. The molecule has 0 aliphatic carbocycles. The maximum absolute atomic E-state index is 11.6. The van der Waals surface area contributed by atoms with Crippen molar-refractivity contribution < 1.29 is 52.6 Å². The maximum Gasteiger partial charge on any atom is 0.254 e. The molecule has 0 fully saturated rings. The minimum absolute atomic E-state index is 0.0133. The molecule has 0 atom stereocenters. The summed E-state index contributed by atoms with van der Waals surface area (Å²) in [6.07, 6.45) is 8.08. The van der Waals surface area contributed by atoms with Crippen LogP contribution in [-0.4, -0.2) is 102 Å². The molecule has 2 rings (SSSR count). The van der Waals surface area contributed by atoms with Crippen molar-refractivity contribution in [2.24, 2.45) is 23.7 Å². The second-order valence-electron chi connectivity index (χ2n) is 13.4. The van der Waals surface area contributed by atoms with E-state index < -0.39 is 23.6 Å². The zero-order valence-electron chi connectivity index (χ0n) is 33.0. The Labute approximate surface area is 309 Å². The molecule has 13 heteroatoms. The Bertz CT molecular complexity index is 1230. The fourth-order valence-corrected chi connectivity index (χ4v) is 3.82. The zero-order chi connectivity index (χ0) is 40.4. The third-order valence-electron chi connectivity index (χ3n) is 7.45. The molecule has 0 aromatic heterocycles. The summed E-state index contributed by atoms with van der Waals surface area (Å²) in [6.45, 7) is 20.6. The lowest BCUT2D eigenvalue weighted by atomic mass is 10.1. The van der Waals surface area contributed by atoms with Crippen LogP contribution in [-0.2, 0) is 52.6 Å². The third kappa shape index (κ3) is 23.5. The first-order valence-corrected chi connectivity index (χ1v) is 18.1. The summed E-state index contributed by atoms with van der Waals surface area (Å²) < 4.78 is 10.5. The van der Waals surface area contributed by atoms with E-state index in [0.29, 0.717) is 57.1 Å². The van der Waals surface area contributed by atoms with Crippen LogP contribution < -0.4 is 0 Å². The summed E-state index contributed by atoms with van der Waals surface area (Å²) in [5.41, 5.74) is 0. The second kappa shape index (κ2) is 28.6. The van der Waals surface area contributed by atoms with Crippen LogP contribution in [0, 0.1) is 23.7 Å². The quantitative estimate of drug-likeness (QED) is 0.118. The van der Waals surface area contributed by atoms with Gasteiger partial charge in [0.25, 0.3) is 23.6 Å². The molecule has 0 aromatic carbocycles. The highest BCUT2D eigenvalue weighted by molar-refractivity contribution is 6.15. The van der Waals surface area contributed by atoms with Gasteiger partial charge in [-0.3, -0.25) is 53.0 Å². The van der Waals surface area contributed by atoms with Gasteiger partial charge in [-0.1, -0.05) is 69.2 Å². The molecule has 4 amide bonds. The van der Waals surface area contributed by atoms with Crippen molar-refractivity contribution in [3.05, 3.63) is 24.3 Å². The monoisotopic (exact) mass is 734 g/mol. The number of imide groups is 2. The van der Waals surface area contributed by atoms with Crippen LogP contribution >= 0.6 is 0 Å². The number of Topliss-reactive ketones (excluding diaryl/α,β-unsaturated/α-hetero) is 5. The number of hydrogen-bond acceptors (Lipinski definition) is 11. The molecule has 0 aromatic rings. The average Bonchev–Trinajstić information content (AvgIpc) is 3.58. The molecule has 0 unspecified atom stereocenters. The Morgan fingerprint density at radius 3 is 1.19 bits per heavy atom. The van der Waals surface area contributed by atoms with Crippen molar-refractivity contribution in [1.82, 2.24) is 9.80 Å². The molecule has 294 valence electrons. The molecule has 0 spiro atoms. The van der Waals surface area contributed by atoms with Crippen LogP contribution in [0.25, 0.3) is 0 Å². The van der Waals surface area contributed by atoms with Gasteiger partial charge >= 0.3 is 0 Å². The van der Waals surface area contributed by atoms with Gasteiger partial charge in [-0.15, -0.1) is 0 Å². The summed E-state index contributed by atoms with van der Waals surface area (Å²) in [7, 11) is 0. The van der Waals surface area contributed by atoms with Gasteiger partial charge in [0.05, 0.1) is 26.3 Å². The lowest BCUT2D eigenvalue weighted by Crippen LogP contribution is -2.36. The molecular formula is C39H62N2O11. The number of carbonyl (C=O) groups is 9. The number of hydrogen-bond donors (Lipinski definition) is 0. The summed E-state index contributed by atoms with van der Waals surface area (Å²) in [4.78, 5) is 102. The molecule has 0 bridgehead atoms. The van der Waals surface area contributed by atoms with Gasteiger partial charge < -0.3 is 9.47 Å². The largest absolute Gasteiger partial charge is 0.381 e. The predicted octanol–water partition coefficient (Wildman–Crippen LogP) is 4.68. The lowest BCUT2D eigenvalue weighted by molar-refractivity contribution is -0.141. The third-order valence-corrected chi connectivity index (χ3v) is 7.45. The van der Waals surface area contributed by atoms with Crippen molar-refractivity contribution in [1.29, 1.82) is 0 Å². The molecule has 52 heavy (non-hydrogen) atoms. The number of nitrogens with zero attached hydrogens (tertiary/aromatic N) is 2. The van der Waals surface area contributed by atoms with E-state index in [0.717, 1.165) is 35.0 Å². The first-order chi connectivity index (χ1) is 24.3. The molecule has 2 aliphatic rings. The maximum atomic E-state index is 11.6. The Morgan fingerprint density at radius 1 is 0.500 bits per heavy atom. The van der Waals surface area contributed by atoms with Gasteiger partial charge in [-0.25, -0.2) is 0 Å². The number of ether oxygens (including phenoxy) is 2. The first kappa shape index (κ1) is 50.1. The van der Waals surface area contributed by atoms with E-state index >= 15 is 0 Å². The van der Waals surface area contributed by atoms with E-state index in [1.54, 1.807) is 13.8 Å². The van der Waals surface area contributed by atoms with Gasteiger partial charge in [-0.05, 0) is 12.8 Å². The molecule has 0 N–H and O–H groups in total. The Morgan fingerprint density at radius 2 is 0.865 bits per heavy atom.